The van der Waals surface area contributed by atoms with Crippen molar-refractivity contribution in [2.24, 2.45) is 0 Å². The summed E-state index contributed by atoms with van der Waals surface area (Å²) in [6, 6.07) is 9.05. The zero-order chi connectivity index (χ0) is 18.5. The summed E-state index contributed by atoms with van der Waals surface area (Å²) in [5.41, 5.74) is 1.99. The first-order valence-corrected chi connectivity index (χ1v) is 8.90. The number of amides is 1. The van der Waals surface area contributed by atoms with Crippen LogP contribution in [0.1, 0.15) is 42.4 Å². The number of nitrogens with zero attached hydrogens (tertiary/aromatic N) is 1. The highest BCUT2D eigenvalue weighted by Crippen LogP contribution is 2.45. The third-order valence-electron chi connectivity index (χ3n) is 5.09. The van der Waals surface area contributed by atoms with Gasteiger partial charge in [-0.3, -0.25) is 14.7 Å². The number of nitrogens with one attached hydrogen (secondary N) is 2. The molecule has 3 N–H and O–H groups in total. The quantitative estimate of drug-likeness (QED) is 0.774. The van der Waals surface area contributed by atoms with Gasteiger partial charge in [0.1, 0.15) is 17.4 Å². The minimum absolute atomic E-state index is 0.140. The molecule has 1 saturated carbocycles. The first-order chi connectivity index (χ1) is 13.1. The van der Waals surface area contributed by atoms with Crippen LogP contribution >= 0.6 is 0 Å². The van der Waals surface area contributed by atoms with Gasteiger partial charge in [0.25, 0.3) is 0 Å². The number of hydrogen-bond acceptors (Lipinski definition) is 5. The van der Waals surface area contributed by atoms with Crippen LogP contribution in [0, 0.1) is 0 Å². The highest BCUT2D eigenvalue weighted by Gasteiger charge is 2.40. The Hall–Kier alpha value is -3.35. The lowest BCUT2D eigenvalue weighted by atomic mass is 9.86. The molecule has 0 radical (unpaired) electrons. The average Bonchev–Trinajstić information content (AvgIpc) is 3.29. The van der Waals surface area contributed by atoms with Crippen molar-refractivity contribution in [1.82, 2.24) is 10.2 Å². The first kappa shape index (κ1) is 15.9. The largest absolute Gasteiger partial charge is 0.504 e. The summed E-state index contributed by atoms with van der Waals surface area (Å²) < 4.78 is 5.74. The predicted octanol–water partition coefficient (Wildman–Crippen LogP) is 3.07. The van der Waals surface area contributed by atoms with Crippen LogP contribution in [0.2, 0.25) is 0 Å². The van der Waals surface area contributed by atoms with Gasteiger partial charge in [0, 0.05) is 28.8 Å². The van der Waals surface area contributed by atoms with Crippen molar-refractivity contribution in [2.45, 2.75) is 31.1 Å². The topological polar surface area (TPSA) is 104 Å². The second kappa shape index (κ2) is 5.84. The van der Waals surface area contributed by atoms with Crippen molar-refractivity contribution >= 4 is 17.5 Å². The molecule has 7 nitrogen and oxygen atoms in total. The molecule has 5 rings (SSSR count). The number of ketones is 1. The third kappa shape index (κ3) is 2.71. The van der Waals surface area contributed by atoms with Gasteiger partial charge in [0.05, 0.1) is 6.42 Å². The Labute approximate surface area is 154 Å². The molecule has 1 aliphatic heterocycles. The summed E-state index contributed by atoms with van der Waals surface area (Å²) in [7, 11) is 0. The third-order valence-corrected chi connectivity index (χ3v) is 5.09. The maximum absolute atomic E-state index is 12.6. The first-order valence-electron chi connectivity index (χ1n) is 8.90. The smallest absolute Gasteiger partial charge is 0.230 e. The van der Waals surface area contributed by atoms with E-state index in [1.54, 1.807) is 18.2 Å². The molecule has 1 atom stereocenters. The van der Waals surface area contributed by atoms with E-state index in [4.69, 9.17) is 4.74 Å². The Morgan fingerprint density at radius 2 is 2.15 bits per heavy atom. The number of anilines is 1. The number of Topliss-reactive ketones (excluding diaryl/α,β-unsaturated/α-hetero) is 1. The minimum atomic E-state index is -0.638. The number of para-hydroxylation sites is 1. The SMILES string of the molecule is O=C(CC1=C(O)C(=O)C2C(=C1)Oc1ccccc12)Nc1cc(C2CC2)[nH]n1. The van der Waals surface area contributed by atoms with E-state index in [-0.39, 0.29) is 23.7 Å². The molecule has 1 unspecified atom stereocenters. The molecule has 0 bridgehead atoms. The average molecular weight is 363 g/mol. The van der Waals surface area contributed by atoms with Crippen LogP contribution < -0.4 is 10.1 Å². The monoisotopic (exact) mass is 363 g/mol. The number of carbonyl (C=O) groups is 2. The standard InChI is InChI=1S/C20H17N3O4/c24-17(21-16-9-13(22-23-16)10-5-6-10)8-11-7-15-18(20(26)19(11)25)12-3-1-2-4-14(12)27-15/h1-4,7,9-10,18,25H,5-6,8H2,(H2,21,22,23,24). The number of fused-ring (bicyclic) bond motifs is 3. The van der Waals surface area contributed by atoms with E-state index in [9.17, 15) is 14.7 Å². The fourth-order valence-electron chi connectivity index (χ4n) is 3.57. The summed E-state index contributed by atoms with van der Waals surface area (Å²) >= 11 is 0. The van der Waals surface area contributed by atoms with Crippen molar-refractivity contribution in [2.75, 3.05) is 5.32 Å². The fourth-order valence-corrected chi connectivity index (χ4v) is 3.57. The van der Waals surface area contributed by atoms with E-state index in [0.29, 0.717) is 23.2 Å². The van der Waals surface area contributed by atoms with Crippen LogP contribution in [-0.4, -0.2) is 27.0 Å². The Kier molecular flexibility index (Phi) is 3.43. The molecule has 1 fully saturated rings. The molecule has 27 heavy (non-hydrogen) atoms. The number of hydrogen-bond donors (Lipinski definition) is 3. The molecule has 1 aromatic carbocycles. The molecule has 0 saturated heterocycles. The van der Waals surface area contributed by atoms with Crippen molar-refractivity contribution in [3.8, 4) is 5.75 Å². The van der Waals surface area contributed by atoms with E-state index < -0.39 is 11.7 Å². The molecule has 136 valence electrons. The van der Waals surface area contributed by atoms with Gasteiger partial charge >= 0.3 is 0 Å². The van der Waals surface area contributed by atoms with E-state index in [2.05, 4.69) is 15.5 Å². The van der Waals surface area contributed by atoms with Crippen molar-refractivity contribution in [1.29, 1.82) is 0 Å². The molecule has 0 spiro atoms. The Bertz CT molecular complexity index is 1030. The number of carbonyl (C=O) groups excluding carboxylic acids is 2. The zero-order valence-corrected chi connectivity index (χ0v) is 14.4. The number of allylic oxidation sites excluding steroid dienone is 3. The molecular weight excluding hydrogens is 346 g/mol. The number of benzene rings is 1. The van der Waals surface area contributed by atoms with Crippen LogP contribution in [0.5, 0.6) is 5.75 Å². The van der Waals surface area contributed by atoms with E-state index in [1.165, 1.54) is 0 Å². The van der Waals surface area contributed by atoms with Crippen molar-refractivity contribution < 1.29 is 19.4 Å². The fraction of sp³-hybridized carbons (Fsp3) is 0.250. The van der Waals surface area contributed by atoms with Gasteiger partial charge in [0.2, 0.25) is 11.7 Å². The number of aromatic nitrogens is 2. The normalized spacial score (nSPS) is 20.7. The summed E-state index contributed by atoms with van der Waals surface area (Å²) in [5.74, 6) is 0.163. The second-order valence-corrected chi connectivity index (χ2v) is 7.07. The van der Waals surface area contributed by atoms with E-state index in [1.807, 2.05) is 18.2 Å². The van der Waals surface area contributed by atoms with Gasteiger partial charge in [-0.15, -0.1) is 0 Å². The number of rotatable bonds is 4. The van der Waals surface area contributed by atoms with Crippen LogP contribution in [0.25, 0.3) is 0 Å². The highest BCUT2D eigenvalue weighted by molar-refractivity contribution is 6.05. The van der Waals surface area contributed by atoms with Crippen LogP contribution in [0.15, 0.2) is 53.5 Å². The maximum atomic E-state index is 12.6. The number of aliphatic hydroxyl groups is 1. The highest BCUT2D eigenvalue weighted by atomic mass is 16.5. The minimum Gasteiger partial charge on any atom is -0.504 e. The molecule has 2 heterocycles. The van der Waals surface area contributed by atoms with Crippen molar-refractivity contribution in [3.05, 3.63) is 64.8 Å². The van der Waals surface area contributed by atoms with Crippen molar-refractivity contribution in [3.63, 3.8) is 0 Å². The van der Waals surface area contributed by atoms with Gasteiger partial charge in [-0.2, -0.15) is 5.10 Å². The lowest BCUT2D eigenvalue weighted by Crippen LogP contribution is -2.22. The van der Waals surface area contributed by atoms with Crippen LogP contribution in [0.3, 0.4) is 0 Å². The molecule has 1 amide bonds. The Balaban J connectivity index is 1.33. The molecule has 1 aromatic heterocycles. The summed E-state index contributed by atoms with van der Waals surface area (Å²) in [6.45, 7) is 0. The second-order valence-electron chi connectivity index (χ2n) is 7.07. The van der Waals surface area contributed by atoms with Gasteiger partial charge in [0.15, 0.2) is 11.6 Å². The predicted molar refractivity (Wildman–Crippen MR) is 96.4 cm³/mol. The van der Waals surface area contributed by atoms with Gasteiger partial charge in [-0.25, -0.2) is 0 Å². The summed E-state index contributed by atoms with van der Waals surface area (Å²) in [6.07, 6.45) is 3.71. The molecule has 2 aromatic rings. The summed E-state index contributed by atoms with van der Waals surface area (Å²) in [5, 5.41) is 20.0. The lowest BCUT2D eigenvalue weighted by Gasteiger charge is -2.17. The van der Waals surface area contributed by atoms with Gasteiger partial charge < -0.3 is 15.2 Å². The number of aliphatic hydroxyl groups excluding tert-OH is 1. The number of H-pyrrole nitrogens is 1. The molecule has 3 aliphatic rings. The van der Waals surface area contributed by atoms with Gasteiger partial charge in [-0.1, -0.05) is 18.2 Å². The van der Waals surface area contributed by atoms with E-state index in [0.717, 1.165) is 24.1 Å². The Morgan fingerprint density at radius 3 is 2.96 bits per heavy atom. The zero-order valence-electron chi connectivity index (χ0n) is 14.4. The van der Waals surface area contributed by atoms with E-state index >= 15 is 0 Å². The van der Waals surface area contributed by atoms with Gasteiger partial charge in [-0.05, 0) is 25.0 Å². The lowest BCUT2D eigenvalue weighted by molar-refractivity contribution is -0.119. The van der Waals surface area contributed by atoms with Crippen LogP contribution in [0.4, 0.5) is 5.82 Å². The number of ether oxygens (including phenoxy) is 1. The molecule has 7 heteroatoms. The number of aromatic amines is 1. The Morgan fingerprint density at radius 1 is 1.33 bits per heavy atom. The maximum Gasteiger partial charge on any atom is 0.230 e. The molecule has 2 aliphatic carbocycles. The summed E-state index contributed by atoms with van der Waals surface area (Å²) in [4.78, 5) is 25.0. The molecular formula is C20H17N3O4. The van der Waals surface area contributed by atoms with Crippen LogP contribution in [-0.2, 0) is 9.59 Å².